The number of para-hydroxylation sites is 1. The fraction of sp³-hybridized carbons (Fsp3) is 0.0588. The van der Waals surface area contributed by atoms with Gasteiger partial charge >= 0.3 is 0 Å². The van der Waals surface area contributed by atoms with Crippen molar-refractivity contribution >= 4 is 33.8 Å². The van der Waals surface area contributed by atoms with E-state index in [-0.39, 0.29) is 22.1 Å². The molecule has 10 heteroatoms. The van der Waals surface area contributed by atoms with E-state index in [0.717, 1.165) is 11.3 Å². The summed E-state index contributed by atoms with van der Waals surface area (Å²) in [7, 11) is 0. The van der Waals surface area contributed by atoms with Gasteiger partial charge in [-0.1, -0.05) is 24.3 Å². The molecule has 0 saturated carbocycles. The smallest absolute Gasteiger partial charge is 0.282 e. The van der Waals surface area contributed by atoms with Gasteiger partial charge in [-0.2, -0.15) is 0 Å². The lowest BCUT2D eigenvalue weighted by Gasteiger charge is -2.03. The van der Waals surface area contributed by atoms with E-state index in [1.165, 1.54) is 30.3 Å². The summed E-state index contributed by atoms with van der Waals surface area (Å²) in [4.78, 5) is 37.6. The Morgan fingerprint density at radius 3 is 2.48 bits per heavy atom. The highest BCUT2D eigenvalue weighted by molar-refractivity contribution is 7.14. The fourth-order valence-corrected chi connectivity index (χ4v) is 3.13. The minimum atomic E-state index is -0.655. The number of rotatable bonds is 5. The molecule has 0 spiro atoms. The average molecular weight is 384 g/mol. The highest BCUT2D eigenvalue weighted by Crippen LogP contribution is 2.30. The van der Waals surface area contributed by atoms with Crippen molar-refractivity contribution in [3.05, 3.63) is 79.2 Å². The molecule has 0 fully saturated rings. The Morgan fingerprint density at radius 1 is 1.07 bits per heavy atom. The summed E-state index contributed by atoms with van der Waals surface area (Å²) in [6, 6.07) is 10.3. The van der Waals surface area contributed by atoms with Crippen molar-refractivity contribution < 1.29 is 14.6 Å². The van der Waals surface area contributed by atoms with E-state index in [9.17, 15) is 25.0 Å². The monoisotopic (exact) mass is 384 g/mol. The number of thiazole rings is 1. The summed E-state index contributed by atoms with van der Waals surface area (Å²) < 4.78 is 0. The molecule has 0 radical (unpaired) electrons. The predicted molar refractivity (Wildman–Crippen MR) is 100.0 cm³/mol. The van der Waals surface area contributed by atoms with Gasteiger partial charge in [0.2, 0.25) is 0 Å². The minimum absolute atomic E-state index is 0.0222. The van der Waals surface area contributed by atoms with Crippen LogP contribution in [0.25, 0.3) is 11.3 Å². The van der Waals surface area contributed by atoms with Crippen LogP contribution < -0.4 is 5.32 Å². The first kappa shape index (κ1) is 18.1. The molecule has 3 aromatic rings. The second-order valence-electron chi connectivity index (χ2n) is 5.52. The van der Waals surface area contributed by atoms with Crippen molar-refractivity contribution in [1.29, 1.82) is 0 Å². The van der Waals surface area contributed by atoms with E-state index in [2.05, 4.69) is 10.3 Å². The highest BCUT2D eigenvalue weighted by atomic mass is 32.1. The van der Waals surface area contributed by atoms with Crippen LogP contribution in [-0.4, -0.2) is 20.7 Å². The zero-order valence-corrected chi connectivity index (χ0v) is 14.7. The number of nitrogens with one attached hydrogen (secondary N) is 1. The Labute approximate surface area is 156 Å². The zero-order chi connectivity index (χ0) is 19.6. The van der Waals surface area contributed by atoms with Gasteiger partial charge < -0.3 is 0 Å². The molecule has 0 saturated heterocycles. The Hall–Kier alpha value is -3.66. The Kier molecular flexibility index (Phi) is 4.90. The molecule has 0 unspecified atom stereocenters. The number of amides is 1. The third kappa shape index (κ3) is 3.80. The first-order chi connectivity index (χ1) is 12.9. The molecular formula is C17H12N4O5S. The molecule has 2 aromatic carbocycles. The number of carbonyl (C=O) groups is 1. The normalized spacial score (nSPS) is 10.4. The predicted octanol–water partition coefficient (Wildman–Crippen LogP) is 4.19. The van der Waals surface area contributed by atoms with Crippen molar-refractivity contribution in [2.75, 3.05) is 5.32 Å². The molecule has 1 N–H and O–H groups in total. The maximum Gasteiger partial charge on any atom is 0.282 e. The summed E-state index contributed by atoms with van der Waals surface area (Å²) in [5.74, 6) is -0.655. The molecule has 27 heavy (non-hydrogen) atoms. The van der Waals surface area contributed by atoms with Gasteiger partial charge in [0.15, 0.2) is 5.13 Å². The van der Waals surface area contributed by atoms with Crippen LogP contribution in [0.1, 0.15) is 15.9 Å². The molecular weight excluding hydrogens is 372 g/mol. The number of nitrogens with zero attached hydrogens (tertiary/aromatic N) is 3. The number of hydrogen-bond acceptors (Lipinski definition) is 7. The Morgan fingerprint density at radius 2 is 1.78 bits per heavy atom. The number of aromatic nitrogens is 1. The number of benzene rings is 2. The molecule has 1 amide bonds. The quantitative estimate of drug-likeness (QED) is 0.519. The average Bonchev–Trinajstić information content (AvgIpc) is 3.10. The van der Waals surface area contributed by atoms with Gasteiger partial charge in [-0.25, -0.2) is 4.98 Å². The molecule has 0 aliphatic carbocycles. The molecule has 0 aliphatic heterocycles. The standard InChI is InChI=1S/C17H12N4O5S/c1-10-6-7-11(8-15(10)21(25)26)13-9-27-17(18-13)19-16(22)12-4-2-3-5-14(12)20(23)24/h2-9H,1H3,(H,18,19,22). The van der Waals surface area contributed by atoms with Crippen molar-refractivity contribution in [3.8, 4) is 11.3 Å². The topological polar surface area (TPSA) is 128 Å². The van der Waals surface area contributed by atoms with Crippen LogP contribution in [0.5, 0.6) is 0 Å². The van der Waals surface area contributed by atoms with Crippen molar-refractivity contribution in [2.45, 2.75) is 6.92 Å². The van der Waals surface area contributed by atoms with Gasteiger partial charge in [0.1, 0.15) is 5.56 Å². The fourth-order valence-electron chi connectivity index (χ4n) is 2.42. The van der Waals surface area contributed by atoms with E-state index in [1.807, 2.05) is 0 Å². The lowest BCUT2D eigenvalue weighted by Crippen LogP contribution is -2.13. The number of hydrogen-bond donors (Lipinski definition) is 1. The summed E-state index contributed by atoms with van der Waals surface area (Å²) in [5, 5.41) is 26.5. The number of carbonyl (C=O) groups excluding carboxylic acids is 1. The van der Waals surface area contributed by atoms with Crippen LogP contribution in [-0.2, 0) is 0 Å². The number of nitro groups is 2. The van der Waals surface area contributed by atoms with Crippen molar-refractivity contribution in [1.82, 2.24) is 4.98 Å². The van der Waals surface area contributed by atoms with Gasteiger partial charge in [0.25, 0.3) is 17.3 Å². The van der Waals surface area contributed by atoms with E-state index < -0.39 is 15.8 Å². The third-order valence-corrected chi connectivity index (χ3v) is 4.53. The largest absolute Gasteiger partial charge is 0.298 e. The molecule has 136 valence electrons. The first-order valence-corrected chi connectivity index (χ1v) is 8.50. The number of nitro benzene ring substituents is 2. The summed E-state index contributed by atoms with van der Waals surface area (Å²) in [6.45, 7) is 1.64. The summed E-state index contributed by atoms with van der Waals surface area (Å²) in [6.07, 6.45) is 0. The van der Waals surface area contributed by atoms with Crippen LogP contribution in [0.15, 0.2) is 47.8 Å². The molecule has 0 aliphatic rings. The van der Waals surface area contributed by atoms with E-state index >= 15 is 0 Å². The van der Waals surface area contributed by atoms with E-state index in [1.54, 1.807) is 24.4 Å². The van der Waals surface area contributed by atoms with E-state index in [0.29, 0.717) is 16.8 Å². The molecule has 9 nitrogen and oxygen atoms in total. The Balaban J connectivity index is 1.85. The second kappa shape index (κ2) is 7.30. The zero-order valence-electron chi connectivity index (χ0n) is 13.9. The third-order valence-electron chi connectivity index (χ3n) is 3.77. The van der Waals surface area contributed by atoms with Crippen LogP contribution >= 0.6 is 11.3 Å². The van der Waals surface area contributed by atoms with Crippen LogP contribution in [0.2, 0.25) is 0 Å². The SMILES string of the molecule is Cc1ccc(-c2csc(NC(=O)c3ccccc3[N+](=O)[O-])n2)cc1[N+](=O)[O-]. The van der Waals surface area contributed by atoms with Gasteiger partial charge in [-0.05, 0) is 13.0 Å². The lowest BCUT2D eigenvalue weighted by molar-refractivity contribution is -0.385. The van der Waals surface area contributed by atoms with Crippen LogP contribution in [0, 0.1) is 27.2 Å². The second-order valence-corrected chi connectivity index (χ2v) is 6.38. The molecule has 3 rings (SSSR count). The van der Waals surface area contributed by atoms with Gasteiger partial charge in [-0.15, -0.1) is 11.3 Å². The number of aryl methyl sites for hydroxylation is 1. The molecule has 1 heterocycles. The first-order valence-electron chi connectivity index (χ1n) is 7.62. The Bertz CT molecular complexity index is 1060. The van der Waals surface area contributed by atoms with Crippen LogP contribution in [0.3, 0.4) is 0 Å². The highest BCUT2D eigenvalue weighted by Gasteiger charge is 2.20. The molecule has 1 aromatic heterocycles. The lowest BCUT2D eigenvalue weighted by atomic mass is 10.1. The maximum absolute atomic E-state index is 12.3. The van der Waals surface area contributed by atoms with Crippen LogP contribution in [0.4, 0.5) is 16.5 Å². The molecule has 0 atom stereocenters. The van der Waals surface area contributed by atoms with Gasteiger partial charge in [-0.3, -0.25) is 30.3 Å². The van der Waals surface area contributed by atoms with E-state index in [4.69, 9.17) is 0 Å². The van der Waals surface area contributed by atoms with Crippen molar-refractivity contribution in [3.63, 3.8) is 0 Å². The number of anilines is 1. The minimum Gasteiger partial charge on any atom is -0.298 e. The summed E-state index contributed by atoms with van der Waals surface area (Å²) >= 11 is 1.12. The summed E-state index contributed by atoms with van der Waals surface area (Å²) in [5.41, 5.74) is 1.12. The van der Waals surface area contributed by atoms with Crippen molar-refractivity contribution in [2.24, 2.45) is 0 Å². The molecule has 0 bridgehead atoms. The maximum atomic E-state index is 12.3. The van der Waals surface area contributed by atoms with Gasteiger partial charge in [0.05, 0.1) is 15.5 Å². The van der Waals surface area contributed by atoms with Gasteiger partial charge in [0, 0.05) is 28.6 Å².